The number of ether oxygens (including phenoxy) is 1. The predicted molar refractivity (Wildman–Crippen MR) is 140 cm³/mol. The van der Waals surface area contributed by atoms with Crippen LogP contribution in [0.4, 0.5) is 19.0 Å². The number of rotatable bonds is 8. The van der Waals surface area contributed by atoms with E-state index < -0.39 is 18.3 Å². The molecule has 0 bridgehead atoms. The monoisotopic (exact) mass is 538 g/mol. The molecule has 204 valence electrons. The fourth-order valence-electron chi connectivity index (χ4n) is 5.14. The molecule has 2 aromatic carbocycles. The molecule has 5 rings (SSSR count). The zero-order valence-corrected chi connectivity index (χ0v) is 21.6. The van der Waals surface area contributed by atoms with Gasteiger partial charge in [-0.15, -0.1) is 0 Å². The number of piperidine rings is 1. The zero-order valence-electron chi connectivity index (χ0n) is 21.6. The van der Waals surface area contributed by atoms with Crippen LogP contribution in [0.5, 0.6) is 0 Å². The number of nitrogens with one attached hydrogen (secondary N) is 1. The van der Waals surface area contributed by atoms with Crippen molar-refractivity contribution >= 4 is 17.4 Å². The van der Waals surface area contributed by atoms with Crippen molar-refractivity contribution in [3.8, 4) is 0 Å². The Labute approximate surface area is 224 Å². The number of benzene rings is 2. The van der Waals surface area contributed by atoms with Crippen LogP contribution in [0.3, 0.4) is 0 Å². The normalized spacial score (nSPS) is 16.8. The molecule has 39 heavy (non-hydrogen) atoms. The number of likely N-dealkylation sites (tertiary alicyclic amines) is 1. The summed E-state index contributed by atoms with van der Waals surface area (Å²) >= 11 is 0. The summed E-state index contributed by atoms with van der Waals surface area (Å²) in [4.78, 5) is 23.1. The molecule has 0 atom stereocenters. The number of alkyl halides is 1. The fourth-order valence-corrected chi connectivity index (χ4v) is 5.14. The summed E-state index contributed by atoms with van der Waals surface area (Å²) in [6.45, 7) is 3.43. The Hall–Kier alpha value is -3.76. The number of amides is 1. The van der Waals surface area contributed by atoms with Crippen molar-refractivity contribution < 1.29 is 27.5 Å². The SMILES string of the molecule is CC(=O)Nc1cc2c(cn1)C1(CCN(Cc3ccc(/C(=N\OCCF)c4ccc(F)c(F)c4)cc3)CC1)OC2. The van der Waals surface area contributed by atoms with E-state index in [2.05, 4.69) is 20.4 Å². The summed E-state index contributed by atoms with van der Waals surface area (Å²) < 4.78 is 46.1. The van der Waals surface area contributed by atoms with Crippen molar-refractivity contribution in [3.05, 3.63) is 94.2 Å². The van der Waals surface area contributed by atoms with Gasteiger partial charge >= 0.3 is 0 Å². The lowest BCUT2D eigenvalue weighted by Crippen LogP contribution is -2.42. The molecule has 1 N–H and O–H groups in total. The molecule has 2 aliphatic rings. The molecule has 1 fully saturated rings. The number of oxime groups is 1. The molecule has 0 radical (unpaired) electrons. The van der Waals surface area contributed by atoms with Gasteiger partial charge in [-0.25, -0.2) is 18.2 Å². The maximum Gasteiger partial charge on any atom is 0.222 e. The van der Waals surface area contributed by atoms with Crippen LogP contribution in [0.2, 0.25) is 0 Å². The minimum absolute atomic E-state index is 0.157. The molecule has 3 aromatic rings. The van der Waals surface area contributed by atoms with Crippen LogP contribution in [-0.2, 0) is 33.1 Å². The maximum absolute atomic E-state index is 13.9. The summed E-state index contributed by atoms with van der Waals surface area (Å²) in [5.74, 6) is -1.58. The molecule has 1 amide bonds. The van der Waals surface area contributed by atoms with Crippen molar-refractivity contribution in [3.63, 3.8) is 0 Å². The van der Waals surface area contributed by atoms with Crippen LogP contribution in [0.1, 0.15) is 47.6 Å². The van der Waals surface area contributed by atoms with Crippen molar-refractivity contribution in [2.75, 3.05) is 31.7 Å². The highest BCUT2D eigenvalue weighted by Crippen LogP contribution is 2.44. The van der Waals surface area contributed by atoms with Crippen LogP contribution in [0.15, 0.2) is 59.9 Å². The van der Waals surface area contributed by atoms with Gasteiger partial charge in [-0.05, 0) is 48.2 Å². The Morgan fingerprint density at radius 1 is 1.10 bits per heavy atom. The molecule has 0 aliphatic carbocycles. The molecular weight excluding hydrogens is 509 g/mol. The topological polar surface area (TPSA) is 76.1 Å². The van der Waals surface area contributed by atoms with Crippen LogP contribution >= 0.6 is 0 Å². The van der Waals surface area contributed by atoms with E-state index in [1.165, 1.54) is 13.0 Å². The third-order valence-electron chi connectivity index (χ3n) is 7.10. The van der Waals surface area contributed by atoms with E-state index >= 15 is 0 Å². The highest BCUT2D eigenvalue weighted by Gasteiger charge is 2.43. The van der Waals surface area contributed by atoms with Crippen LogP contribution in [0, 0.1) is 11.6 Å². The Morgan fingerprint density at radius 3 is 2.54 bits per heavy atom. The van der Waals surface area contributed by atoms with Gasteiger partial charge in [0.05, 0.1) is 12.2 Å². The zero-order chi connectivity index (χ0) is 27.4. The number of anilines is 1. The van der Waals surface area contributed by atoms with E-state index in [0.717, 1.165) is 61.3 Å². The Kier molecular flexibility index (Phi) is 7.94. The number of aromatic nitrogens is 1. The van der Waals surface area contributed by atoms with Gasteiger partial charge in [0.15, 0.2) is 11.6 Å². The molecular formula is C29H29F3N4O3. The number of hydrogen-bond acceptors (Lipinski definition) is 6. The molecule has 2 aliphatic heterocycles. The number of carbonyl (C=O) groups excluding carboxylic acids is 1. The van der Waals surface area contributed by atoms with Gasteiger partial charge in [-0.2, -0.15) is 0 Å². The smallest absolute Gasteiger partial charge is 0.222 e. The Morgan fingerprint density at radius 2 is 1.85 bits per heavy atom. The summed E-state index contributed by atoms with van der Waals surface area (Å²) in [7, 11) is 0. The van der Waals surface area contributed by atoms with Crippen molar-refractivity contribution in [2.45, 2.75) is 38.5 Å². The Bertz CT molecular complexity index is 1370. The third kappa shape index (κ3) is 5.97. The van der Waals surface area contributed by atoms with Gasteiger partial charge in [-0.1, -0.05) is 29.4 Å². The third-order valence-corrected chi connectivity index (χ3v) is 7.10. The molecule has 10 heteroatoms. The summed E-state index contributed by atoms with van der Waals surface area (Å²) in [6.07, 6.45) is 3.49. The van der Waals surface area contributed by atoms with E-state index in [1.54, 1.807) is 0 Å². The average Bonchev–Trinajstić information content (AvgIpc) is 3.27. The summed E-state index contributed by atoms with van der Waals surface area (Å²) in [5.41, 5.74) is 4.15. The van der Waals surface area contributed by atoms with Gasteiger partial charge in [0.2, 0.25) is 5.91 Å². The van der Waals surface area contributed by atoms with Crippen LogP contribution in [0.25, 0.3) is 0 Å². The Balaban J connectivity index is 1.24. The number of fused-ring (bicyclic) bond motifs is 2. The van der Waals surface area contributed by atoms with Crippen molar-refractivity contribution in [1.29, 1.82) is 0 Å². The van der Waals surface area contributed by atoms with Gasteiger partial charge < -0.3 is 14.9 Å². The van der Waals surface area contributed by atoms with E-state index in [1.807, 2.05) is 36.5 Å². The van der Waals surface area contributed by atoms with Gasteiger partial charge in [0, 0.05) is 49.4 Å². The number of pyridine rings is 1. The largest absolute Gasteiger partial charge is 0.392 e. The second-order valence-corrected chi connectivity index (χ2v) is 9.75. The molecule has 1 aromatic heterocycles. The lowest BCUT2D eigenvalue weighted by atomic mass is 9.84. The molecule has 1 saturated heterocycles. The predicted octanol–water partition coefficient (Wildman–Crippen LogP) is 5.08. The second-order valence-electron chi connectivity index (χ2n) is 9.75. The fraction of sp³-hybridized carbons (Fsp3) is 0.345. The first-order valence-electron chi connectivity index (χ1n) is 12.8. The summed E-state index contributed by atoms with van der Waals surface area (Å²) in [6, 6.07) is 13.0. The maximum atomic E-state index is 13.9. The lowest BCUT2D eigenvalue weighted by Gasteiger charge is -2.39. The first-order valence-corrected chi connectivity index (χ1v) is 12.8. The average molecular weight is 539 g/mol. The first-order chi connectivity index (χ1) is 18.9. The quantitative estimate of drug-likeness (QED) is 0.246. The van der Waals surface area contributed by atoms with Crippen LogP contribution < -0.4 is 5.32 Å². The molecule has 0 saturated carbocycles. The minimum atomic E-state index is -0.997. The van der Waals surface area contributed by atoms with Gasteiger partial charge in [0.1, 0.15) is 24.8 Å². The number of carbonyl (C=O) groups is 1. The number of halogens is 3. The van der Waals surface area contributed by atoms with Crippen molar-refractivity contribution in [1.82, 2.24) is 9.88 Å². The molecule has 1 spiro atoms. The molecule has 0 unspecified atom stereocenters. The van der Waals surface area contributed by atoms with E-state index in [-0.39, 0.29) is 18.1 Å². The van der Waals surface area contributed by atoms with E-state index in [0.29, 0.717) is 29.3 Å². The first kappa shape index (κ1) is 26.8. The van der Waals surface area contributed by atoms with Crippen LogP contribution in [-0.4, -0.2) is 47.9 Å². The summed E-state index contributed by atoms with van der Waals surface area (Å²) in [5, 5.41) is 6.71. The van der Waals surface area contributed by atoms with Gasteiger partial charge in [-0.3, -0.25) is 9.69 Å². The highest BCUT2D eigenvalue weighted by atomic mass is 19.2. The lowest BCUT2D eigenvalue weighted by molar-refractivity contribution is -0.114. The molecule has 7 nitrogen and oxygen atoms in total. The second kappa shape index (κ2) is 11.5. The van der Waals surface area contributed by atoms with E-state index in [9.17, 15) is 18.0 Å². The number of hydrogen-bond donors (Lipinski definition) is 1. The standard InChI is InChI=1S/C29H29F3N4O3/c1-19(37)34-27-15-23-18-38-29(24(23)16-33-27)8-11-36(12-9-29)17-20-2-4-21(5-3-20)28(35-39-13-10-30)22-6-7-25(31)26(32)14-22/h2-7,14-16H,8-13,17-18H2,1H3,(H,33,34,37)/b35-28+. The minimum Gasteiger partial charge on any atom is -0.392 e. The van der Waals surface area contributed by atoms with Crippen molar-refractivity contribution in [2.24, 2.45) is 5.16 Å². The number of nitrogens with zero attached hydrogens (tertiary/aromatic N) is 3. The molecule has 3 heterocycles. The highest BCUT2D eigenvalue weighted by molar-refractivity contribution is 6.12. The van der Waals surface area contributed by atoms with E-state index in [4.69, 9.17) is 9.57 Å². The van der Waals surface area contributed by atoms with Gasteiger partial charge in [0.25, 0.3) is 0 Å².